The van der Waals surface area contributed by atoms with Gasteiger partial charge in [-0.2, -0.15) is 0 Å². The number of carbonyl (C=O) groups excluding carboxylic acids is 2. The molecule has 3 aromatic rings. The molecule has 0 unspecified atom stereocenters. The molecule has 0 spiro atoms. The average molecular weight is 478 g/mol. The molecule has 0 atom stereocenters. The minimum Gasteiger partial charge on any atom is -0.493 e. The van der Waals surface area contributed by atoms with Crippen LogP contribution in [0.2, 0.25) is 0 Å². The first-order valence-corrected chi connectivity index (χ1v) is 11.2. The number of benzene rings is 3. The summed E-state index contributed by atoms with van der Waals surface area (Å²) in [5.41, 5.74) is 11.2. The molecule has 7 nitrogen and oxygen atoms in total. The number of aryl methyl sites for hydroxylation is 2. The second-order valence-electron chi connectivity index (χ2n) is 8.41. The molecule has 0 heterocycles. The van der Waals surface area contributed by atoms with Crippen molar-refractivity contribution >= 4 is 17.3 Å². The van der Waals surface area contributed by atoms with E-state index in [2.05, 4.69) is 0 Å². The zero-order chi connectivity index (χ0) is 25.7. The molecule has 0 aliphatic rings. The summed E-state index contributed by atoms with van der Waals surface area (Å²) in [6, 6.07) is 12.6. The lowest BCUT2D eigenvalue weighted by molar-refractivity contribution is 0.100. The molecular formula is C28H31NO6. The molecule has 0 aromatic heterocycles. The van der Waals surface area contributed by atoms with Crippen LogP contribution in [0.1, 0.15) is 56.8 Å². The average Bonchev–Trinajstić information content (AvgIpc) is 2.80. The van der Waals surface area contributed by atoms with Crippen molar-refractivity contribution in [3.8, 4) is 23.0 Å². The SMILES string of the molecule is COc1cc(C(C)=O)c(C)cc1OCc1cc(N)cc(COc2cc(C)c(C(C)=O)cc2OC)c1. The number of methoxy groups -OCH3 is 2. The molecular weight excluding hydrogens is 446 g/mol. The summed E-state index contributed by atoms with van der Waals surface area (Å²) in [5.74, 6) is 2.00. The Morgan fingerprint density at radius 3 is 1.40 bits per heavy atom. The number of hydrogen-bond donors (Lipinski definition) is 1. The fourth-order valence-corrected chi connectivity index (χ4v) is 3.91. The molecule has 0 radical (unpaired) electrons. The standard InChI is InChI=1S/C28H31NO6/c1-16-7-27(25(32-5)12-23(16)18(3)30)34-14-20-9-21(11-22(29)10-20)15-35-28-8-17(2)24(19(4)31)13-26(28)33-6/h7-13H,14-15,29H2,1-6H3. The Hall–Kier alpha value is -4.00. The highest BCUT2D eigenvalue weighted by molar-refractivity contribution is 5.96. The molecule has 3 aromatic carbocycles. The summed E-state index contributed by atoms with van der Waals surface area (Å²) in [7, 11) is 3.08. The predicted molar refractivity (Wildman–Crippen MR) is 135 cm³/mol. The summed E-state index contributed by atoms with van der Waals surface area (Å²) in [5, 5.41) is 0. The highest BCUT2D eigenvalue weighted by atomic mass is 16.5. The van der Waals surface area contributed by atoms with Crippen LogP contribution in [0, 0.1) is 13.8 Å². The van der Waals surface area contributed by atoms with Crippen molar-refractivity contribution < 1.29 is 28.5 Å². The summed E-state index contributed by atoms with van der Waals surface area (Å²) in [4.78, 5) is 23.6. The van der Waals surface area contributed by atoms with E-state index in [9.17, 15) is 9.59 Å². The van der Waals surface area contributed by atoms with Crippen molar-refractivity contribution in [1.82, 2.24) is 0 Å². The Labute approximate surface area is 205 Å². The van der Waals surface area contributed by atoms with Crippen LogP contribution in [0.5, 0.6) is 23.0 Å². The van der Waals surface area contributed by atoms with Gasteiger partial charge in [-0.05, 0) is 92.4 Å². The van der Waals surface area contributed by atoms with Gasteiger partial charge < -0.3 is 24.7 Å². The molecule has 0 aliphatic heterocycles. The molecule has 184 valence electrons. The molecule has 0 fully saturated rings. The predicted octanol–water partition coefficient (Wildman–Crippen LogP) is 5.47. The fourth-order valence-electron chi connectivity index (χ4n) is 3.91. The lowest BCUT2D eigenvalue weighted by Gasteiger charge is -2.16. The van der Waals surface area contributed by atoms with E-state index in [0.29, 0.717) is 39.8 Å². The second kappa shape index (κ2) is 11.0. The Bertz CT molecular complexity index is 1170. The molecule has 0 aliphatic carbocycles. The molecule has 7 heteroatoms. The van der Waals surface area contributed by atoms with Crippen LogP contribution in [-0.2, 0) is 13.2 Å². The first-order valence-electron chi connectivity index (χ1n) is 11.2. The number of ketones is 2. The number of Topliss-reactive ketones (excluding diaryl/α,β-unsaturated/α-hetero) is 2. The van der Waals surface area contributed by atoms with Gasteiger partial charge >= 0.3 is 0 Å². The second-order valence-corrected chi connectivity index (χ2v) is 8.41. The number of hydrogen-bond acceptors (Lipinski definition) is 7. The van der Waals surface area contributed by atoms with Crippen LogP contribution >= 0.6 is 0 Å². The van der Waals surface area contributed by atoms with E-state index in [1.807, 2.05) is 32.0 Å². The van der Waals surface area contributed by atoms with E-state index in [1.165, 1.54) is 28.1 Å². The highest BCUT2D eigenvalue weighted by Crippen LogP contribution is 2.33. The lowest BCUT2D eigenvalue weighted by Crippen LogP contribution is -2.05. The van der Waals surface area contributed by atoms with Gasteiger partial charge in [0.2, 0.25) is 0 Å². The third-order valence-corrected chi connectivity index (χ3v) is 5.64. The van der Waals surface area contributed by atoms with Crippen molar-refractivity contribution in [1.29, 1.82) is 0 Å². The topological polar surface area (TPSA) is 97.1 Å². The fraction of sp³-hybridized carbons (Fsp3) is 0.286. The van der Waals surface area contributed by atoms with Gasteiger partial charge in [-0.15, -0.1) is 0 Å². The van der Waals surface area contributed by atoms with E-state index in [-0.39, 0.29) is 24.8 Å². The maximum Gasteiger partial charge on any atom is 0.161 e. The Morgan fingerprint density at radius 1 is 0.657 bits per heavy atom. The van der Waals surface area contributed by atoms with Gasteiger partial charge in [0.15, 0.2) is 34.6 Å². The largest absolute Gasteiger partial charge is 0.493 e. The van der Waals surface area contributed by atoms with Crippen molar-refractivity contribution in [3.63, 3.8) is 0 Å². The van der Waals surface area contributed by atoms with E-state index in [4.69, 9.17) is 24.7 Å². The van der Waals surface area contributed by atoms with Gasteiger partial charge in [0, 0.05) is 16.8 Å². The third kappa shape index (κ3) is 6.12. The molecule has 35 heavy (non-hydrogen) atoms. The first kappa shape index (κ1) is 25.6. The first-order chi connectivity index (χ1) is 16.6. The van der Waals surface area contributed by atoms with Crippen LogP contribution in [0.4, 0.5) is 5.69 Å². The van der Waals surface area contributed by atoms with Gasteiger partial charge in [0.05, 0.1) is 14.2 Å². The highest BCUT2D eigenvalue weighted by Gasteiger charge is 2.14. The van der Waals surface area contributed by atoms with Crippen LogP contribution in [0.3, 0.4) is 0 Å². The van der Waals surface area contributed by atoms with E-state index < -0.39 is 0 Å². The van der Waals surface area contributed by atoms with Gasteiger partial charge in [0.1, 0.15) is 13.2 Å². The zero-order valence-electron chi connectivity index (χ0n) is 21.0. The number of anilines is 1. The van der Waals surface area contributed by atoms with Crippen molar-refractivity contribution in [2.45, 2.75) is 40.9 Å². The number of carbonyl (C=O) groups is 2. The summed E-state index contributed by atoms with van der Waals surface area (Å²) >= 11 is 0. The molecule has 3 rings (SSSR count). The smallest absolute Gasteiger partial charge is 0.161 e. The van der Waals surface area contributed by atoms with Crippen molar-refractivity contribution in [2.75, 3.05) is 20.0 Å². The summed E-state index contributed by atoms with van der Waals surface area (Å²) < 4.78 is 22.8. The van der Waals surface area contributed by atoms with Gasteiger partial charge in [-0.3, -0.25) is 9.59 Å². The number of nitrogens with two attached hydrogens (primary N) is 1. The quantitative estimate of drug-likeness (QED) is 0.306. The van der Waals surface area contributed by atoms with E-state index in [0.717, 1.165) is 22.3 Å². The molecule has 0 saturated heterocycles. The minimum atomic E-state index is -0.0319. The molecule has 0 bridgehead atoms. The van der Waals surface area contributed by atoms with Crippen molar-refractivity contribution in [3.05, 3.63) is 75.8 Å². The zero-order valence-corrected chi connectivity index (χ0v) is 21.0. The Kier molecular flexibility index (Phi) is 8.02. The van der Waals surface area contributed by atoms with Crippen LogP contribution < -0.4 is 24.7 Å². The van der Waals surface area contributed by atoms with E-state index in [1.54, 1.807) is 24.3 Å². The molecule has 0 amide bonds. The minimum absolute atomic E-state index is 0.0319. The van der Waals surface area contributed by atoms with Gasteiger partial charge in [-0.1, -0.05) is 0 Å². The van der Waals surface area contributed by atoms with Crippen molar-refractivity contribution in [2.24, 2.45) is 0 Å². The van der Waals surface area contributed by atoms with Gasteiger partial charge in [0.25, 0.3) is 0 Å². The third-order valence-electron chi connectivity index (χ3n) is 5.64. The van der Waals surface area contributed by atoms with E-state index >= 15 is 0 Å². The number of rotatable bonds is 10. The number of ether oxygens (including phenoxy) is 4. The monoisotopic (exact) mass is 477 g/mol. The number of nitrogen functional groups attached to an aromatic ring is 1. The van der Waals surface area contributed by atoms with Crippen LogP contribution in [0.25, 0.3) is 0 Å². The van der Waals surface area contributed by atoms with Crippen LogP contribution in [-0.4, -0.2) is 25.8 Å². The maximum absolute atomic E-state index is 11.8. The Morgan fingerprint density at radius 2 is 1.06 bits per heavy atom. The summed E-state index contributed by atoms with van der Waals surface area (Å²) in [6.07, 6.45) is 0. The van der Waals surface area contributed by atoms with Gasteiger partial charge in [-0.25, -0.2) is 0 Å². The maximum atomic E-state index is 11.8. The van der Waals surface area contributed by atoms with Crippen LogP contribution in [0.15, 0.2) is 42.5 Å². The Balaban J connectivity index is 1.77. The molecule has 0 saturated carbocycles. The normalized spacial score (nSPS) is 10.6. The molecule has 2 N–H and O–H groups in total. The lowest BCUT2D eigenvalue weighted by atomic mass is 10.0. The summed E-state index contributed by atoms with van der Waals surface area (Å²) in [6.45, 7) is 7.27.